The molecule has 6 heteroatoms. The molecular formula is C6H10O6. The van der Waals surface area contributed by atoms with Crippen molar-refractivity contribution < 1.29 is 29.8 Å². The second kappa shape index (κ2) is 2.91. The fraction of sp³-hybridized carbons (Fsp3) is 1.00. The first-order chi connectivity index (χ1) is 5.70. The van der Waals surface area contributed by atoms with E-state index in [2.05, 4.69) is 9.78 Å². The van der Waals surface area contributed by atoms with E-state index in [0.717, 1.165) is 0 Å². The summed E-state index contributed by atoms with van der Waals surface area (Å²) in [6.45, 7) is -0.0133. The van der Waals surface area contributed by atoms with Crippen LogP contribution in [-0.2, 0) is 14.5 Å². The van der Waals surface area contributed by atoms with Gasteiger partial charge in [-0.1, -0.05) is 0 Å². The molecule has 70 valence electrons. The molecule has 2 rings (SSSR count). The lowest BCUT2D eigenvalue weighted by molar-refractivity contribution is -0.380. The van der Waals surface area contributed by atoms with Gasteiger partial charge in [0.1, 0.15) is 24.9 Å². The fourth-order valence-corrected chi connectivity index (χ4v) is 1.38. The Kier molecular flexibility index (Phi) is 2.03. The topological polar surface area (TPSA) is 88.4 Å². The summed E-state index contributed by atoms with van der Waals surface area (Å²) in [6.07, 6.45) is -4.84. The summed E-state index contributed by atoms with van der Waals surface area (Å²) in [6, 6.07) is 0. The highest BCUT2D eigenvalue weighted by Gasteiger charge is 2.50. The van der Waals surface area contributed by atoms with Gasteiger partial charge in [0.25, 0.3) is 0 Å². The summed E-state index contributed by atoms with van der Waals surface area (Å²) in [7, 11) is 0. The molecule has 12 heavy (non-hydrogen) atoms. The predicted octanol–water partition coefficient (Wildman–Crippen LogP) is -2.24. The molecule has 2 aliphatic heterocycles. The lowest BCUT2D eigenvalue weighted by atomic mass is 10.1. The molecule has 6 nitrogen and oxygen atoms in total. The Balaban J connectivity index is 2.10. The van der Waals surface area contributed by atoms with Crippen LogP contribution in [0.25, 0.3) is 0 Å². The van der Waals surface area contributed by atoms with Crippen molar-refractivity contribution in [2.75, 3.05) is 6.61 Å². The van der Waals surface area contributed by atoms with Crippen molar-refractivity contribution in [3.63, 3.8) is 0 Å². The molecule has 0 radical (unpaired) electrons. The van der Waals surface area contributed by atoms with Gasteiger partial charge < -0.3 is 20.1 Å². The van der Waals surface area contributed by atoms with E-state index in [9.17, 15) is 10.2 Å². The minimum atomic E-state index is -1.31. The Hall–Kier alpha value is -0.240. The van der Waals surface area contributed by atoms with E-state index in [0.29, 0.717) is 0 Å². The normalized spacial score (nSPS) is 53.8. The number of aliphatic hydroxyl groups excluding tert-OH is 3. The number of hydrogen-bond acceptors (Lipinski definition) is 6. The van der Waals surface area contributed by atoms with Crippen molar-refractivity contribution in [2.24, 2.45) is 0 Å². The number of fused-ring (bicyclic) bond motifs is 1. The smallest absolute Gasteiger partial charge is 0.184 e. The van der Waals surface area contributed by atoms with E-state index in [4.69, 9.17) is 9.84 Å². The van der Waals surface area contributed by atoms with Crippen LogP contribution in [0.4, 0.5) is 0 Å². The lowest BCUT2D eigenvalue weighted by Gasteiger charge is -2.28. The van der Waals surface area contributed by atoms with Crippen LogP contribution in [0.15, 0.2) is 0 Å². The van der Waals surface area contributed by atoms with Gasteiger partial charge >= 0.3 is 0 Å². The summed E-state index contributed by atoms with van der Waals surface area (Å²) in [5.41, 5.74) is 0. The SMILES string of the molecule is OC1COOC2C(O)C(O)OC12. The van der Waals surface area contributed by atoms with Crippen LogP contribution in [-0.4, -0.2) is 52.6 Å². The average Bonchev–Trinajstić information content (AvgIpc) is 2.32. The van der Waals surface area contributed by atoms with Crippen LogP contribution in [0.1, 0.15) is 0 Å². The van der Waals surface area contributed by atoms with E-state index >= 15 is 0 Å². The first-order valence-electron chi connectivity index (χ1n) is 3.68. The van der Waals surface area contributed by atoms with E-state index in [1.807, 2.05) is 0 Å². The second-order valence-electron chi connectivity index (χ2n) is 2.89. The van der Waals surface area contributed by atoms with Gasteiger partial charge in [0.15, 0.2) is 12.4 Å². The van der Waals surface area contributed by atoms with Crippen molar-refractivity contribution in [3.05, 3.63) is 0 Å². The fourth-order valence-electron chi connectivity index (χ4n) is 1.38. The quantitative estimate of drug-likeness (QED) is 0.363. The molecule has 5 unspecified atom stereocenters. The van der Waals surface area contributed by atoms with E-state index < -0.39 is 30.7 Å². The van der Waals surface area contributed by atoms with Crippen LogP contribution in [0.3, 0.4) is 0 Å². The van der Waals surface area contributed by atoms with E-state index in [1.54, 1.807) is 0 Å². The van der Waals surface area contributed by atoms with Gasteiger partial charge in [0.05, 0.1) is 0 Å². The zero-order valence-corrected chi connectivity index (χ0v) is 6.16. The third kappa shape index (κ3) is 1.13. The monoisotopic (exact) mass is 178 g/mol. The van der Waals surface area contributed by atoms with Gasteiger partial charge in [0.2, 0.25) is 0 Å². The largest absolute Gasteiger partial charge is 0.388 e. The van der Waals surface area contributed by atoms with E-state index in [-0.39, 0.29) is 6.61 Å². The minimum absolute atomic E-state index is 0.0133. The number of hydrogen-bond donors (Lipinski definition) is 3. The molecule has 0 aromatic rings. The highest BCUT2D eigenvalue weighted by molar-refractivity contribution is 4.92. The Morgan fingerprint density at radius 3 is 2.50 bits per heavy atom. The Morgan fingerprint density at radius 1 is 1.08 bits per heavy atom. The summed E-state index contributed by atoms with van der Waals surface area (Å²) in [4.78, 5) is 9.17. The maximum atomic E-state index is 9.26. The molecule has 0 aliphatic carbocycles. The molecule has 5 atom stereocenters. The molecule has 2 fully saturated rings. The molecule has 0 aromatic carbocycles. The van der Waals surface area contributed by atoms with Crippen LogP contribution in [0.2, 0.25) is 0 Å². The van der Waals surface area contributed by atoms with Crippen molar-refractivity contribution >= 4 is 0 Å². The molecular weight excluding hydrogens is 168 g/mol. The Bertz CT molecular complexity index is 173. The summed E-state index contributed by atoms with van der Waals surface area (Å²) in [5.74, 6) is 0. The van der Waals surface area contributed by atoms with Gasteiger partial charge in [-0.3, -0.25) is 0 Å². The molecule has 0 spiro atoms. The molecule has 0 aromatic heterocycles. The molecule has 2 aliphatic rings. The zero-order chi connectivity index (χ0) is 8.72. The maximum Gasteiger partial charge on any atom is 0.184 e. The summed E-state index contributed by atoms with van der Waals surface area (Å²) in [5, 5.41) is 27.5. The minimum Gasteiger partial charge on any atom is -0.388 e. The van der Waals surface area contributed by atoms with Gasteiger partial charge in [-0.15, -0.1) is 0 Å². The molecule has 2 saturated heterocycles. The van der Waals surface area contributed by atoms with Crippen LogP contribution >= 0.6 is 0 Å². The first kappa shape index (κ1) is 8.36. The summed E-state index contributed by atoms with van der Waals surface area (Å²) < 4.78 is 4.84. The predicted molar refractivity (Wildman–Crippen MR) is 33.7 cm³/mol. The molecule has 0 saturated carbocycles. The lowest BCUT2D eigenvalue weighted by Crippen LogP contribution is -2.47. The highest BCUT2D eigenvalue weighted by atomic mass is 17.2. The van der Waals surface area contributed by atoms with Crippen molar-refractivity contribution in [3.8, 4) is 0 Å². The Morgan fingerprint density at radius 2 is 1.83 bits per heavy atom. The van der Waals surface area contributed by atoms with Gasteiger partial charge in [0, 0.05) is 0 Å². The van der Waals surface area contributed by atoms with Crippen molar-refractivity contribution in [2.45, 2.75) is 30.7 Å². The standard InChI is InChI=1S/C6H10O6/c7-2-1-10-12-5-3(8)6(9)11-4(2)5/h2-9H,1H2. The zero-order valence-electron chi connectivity index (χ0n) is 6.16. The van der Waals surface area contributed by atoms with Gasteiger partial charge in [-0.2, -0.15) is 0 Å². The van der Waals surface area contributed by atoms with Crippen LogP contribution < -0.4 is 0 Å². The Labute approximate surface area is 68.2 Å². The highest BCUT2D eigenvalue weighted by Crippen LogP contribution is 2.28. The number of ether oxygens (including phenoxy) is 1. The van der Waals surface area contributed by atoms with Crippen LogP contribution in [0.5, 0.6) is 0 Å². The molecule has 0 bridgehead atoms. The number of aliphatic hydroxyl groups is 3. The summed E-state index contributed by atoms with van der Waals surface area (Å²) >= 11 is 0. The first-order valence-corrected chi connectivity index (χ1v) is 3.68. The third-order valence-electron chi connectivity index (χ3n) is 2.05. The maximum absolute atomic E-state index is 9.26. The van der Waals surface area contributed by atoms with Gasteiger partial charge in [-0.05, 0) is 0 Å². The van der Waals surface area contributed by atoms with Crippen molar-refractivity contribution in [1.29, 1.82) is 0 Å². The second-order valence-corrected chi connectivity index (χ2v) is 2.89. The van der Waals surface area contributed by atoms with Crippen molar-refractivity contribution in [1.82, 2.24) is 0 Å². The third-order valence-corrected chi connectivity index (χ3v) is 2.05. The molecule has 0 amide bonds. The molecule has 3 N–H and O–H groups in total. The average molecular weight is 178 g/mol. The molecule has 2 heterocycles. The number of rotatable bonds is 0. The van der Waals surface area contributed by atoms with E-state index in [1.165, 1.54) is 0 Å². The van der Waals surface area contributed by atoms with Crippen LogP contribution in [0, 0.1) is 0 Å². The van der Waals surface area contributed by atoms with Gasteiger partial charge in [-0.25, -0.2) is 9.78 Å².